The van der Waals surface area contributed by atoms with Crippen LogP contribution in [0.5, 0.6) is 0 Å². The van der Waals surface area contributed by atoms with Crippen LogP contribution in [-0.4, -0.2) is 54.6 Å². The van der Waals surface area contributed by atoms with Gasteiger partial charge in [0.2, 0.25) is 5.91 Å². The fourth-order valence-corrected chi connectivity index (χ4v) is 4.17. The van der Waals surface area contributed by atoms with E-state index in [1.165, 1.54) is 0 Å². The molecule has 5 rings (SSSR count). The van der Waals surface area contributed by atoms with Crippen LogP contribution in [0.15, 0.2) is 24.3 Å². The van der Waals surface area contributed by atoms with E-state index in [1.54, 1.807) is 29.2 Å². The summed E-state index contributed by atoms with van der Waals surface area (Å²) in [6.45, 7) is 2.19. The molecule has 0 aliphatic carbocycles. The standard InChI is InChI=1S/C19H23N5O2/c20-10-13-3-6-15(7-4-13)23-9-1-2-17(18(23)25)22-19(26)24-12-14-5-8-16(24)11-21-14/h3-4,6-7,14,16-17,21H,1-2,5,8-9,11-12H2,(H,22,26). The van der Waals surface area contributed by atoms with Gasteiger partial charge in [0.05, 0.1) is 11.6 Å². The van der Waals surface area contributed by atoms with Gasteiger partial charge < -0.3 is 20.4 Å². The molecule has 1 aromatic carbocycles. The maximum atomic E-state index is 12.9. The smallest absolute Gasteiger partial charge is 0.318 e. The molecule has 26 heavy (non-hydrogen) atoms. The Labute approximate surface area is 152 Å². The Kier molecular flexibility index (Phi) is 4.51. The summed E-state index contributed by atoms with van der Waals surface area (Å²) in [6.07, 6.45) is 3.65. The van der Waals surface area contributed by atoms with Gasteiger partial charge in [-0.1, -0.05) is 0 Å². The zero-order valence-corrected chi connectivity index (χ0v) is 14.6. The molecular formula is C19H23N5O2. The van der Waals surface area contributed by atoms with Crippen LogP contribution in [-0.2, 0) is 4.79 Å². The van der Waals surface area contributed by atoms with E-state index in [2.05, 4.69) is 16.7 Å². The number of fused-ring (bicyclic) bond motifs is 3. The third-order valence-corrected chi connectivity index (χ3v) is 5.65. The number of nitrogens with zero attached hydrogens (tertiary/aromatic N) is 3. The van der Waals surface area contributed by atoms with Gasteiger partial charge in [0.25, 0.3) is 0 Å². The lowest BCUT2D eigenvalue weighted by Gasteiger charge is -2.46. The van der Waals surface area contributed by atoms with E-state index in [0.29, 0.717) is 24.6 Å². The van der Waals surface area contributed by atoms with Crippen molar-refractivity contribution in [3.05, 3.63) is 29.8 Å². The van der Waals surface area contributed by atoms with E-state index in [-0.39, 0.29) is 18.0 Å². The number of benzene rings is 1. The van der Waals surface area contributed by atoms with Crippen molar-refractivity contribution in [2.45, 2.75) is 43.8 Å². The lowest BCUT2D eigenvalue weighted by molar-refractivity contribution is -0.121. The molecule has 1 aromatic rings. The molecule has 7 heteroatoms. The van der Waals surface area contributed by atoms with Gasteiger partial charge >= 0.3 is 6.03 Å². The second-order valence-electron chi connectivity index (χ2n) is 7.28. The molecule has 3 amide bonds. The van der Waals surface area contributed by atoms with Crippen LogP contribution in [0.4, 0.5) is 10.5 Å². The molecule has 0 saturated carbocycles. The molecule has 0 aromatic heterocycles. The van der Waals surface area contributed by atoms with Gasteiger partial charge in [0.1, 0.15) is 6.04 Å². The van der Waals surface area contributed by atoms with E-state index in [1.807, 2.05) is 4.90 Å². The second kappa shape index (κ2) is 6.96. The summed E-state index contributed by atoms with van der Waals surface area (Å²) in [4.78, 5) is 29.2. The number of piperazine rings is 1. The Morgan fingerprint density at radius 3 is 2.65 bits per heavy atom. The topological polar surface area (TPSA) is 88.5 Å². The van der Waals surface area contributed by atoms with Gasteiger partial charge in [-0.15, -0.1) is 0 Å². The molecule has 3 atom stereocenters. The van der Waals surface area contributed by atoms with Crippen LogP contribution in [0.1, 0.15) is 31.2 Å². The highest BCUT2D eigenvalue weighted by Crippen LogP contribution is 2.24. The van der Waals surface area contributed by atoms with Gasteiger partial charge in [0, 0.05) is 37.4 Å². The lowest BCUT2D eigenvalue weighted by Crippen LogP contribution is -2.65. The fourth-order valence-electron chi connectivity index (χ4n) is 4.17. The number of carbonyl (C=O) groups excluding carboxylic acids is 2. The largest absolute Gasteiger partial charge is 0.326 e. The number of hydrogen-bond acceptors (Lipinski definition) is 4. The molecule has 4 heterocycles. The van der Waals surface area contributed by atoms with E-state index in [4.69, 9.17) is 5.26 Å². The second-order valence-corrected chi connectivity index (χ2v) is 7.28. The number of piperidine rings is 3. The molecule has 4 aliphatic heterocycles. The quantitative estimate of drug-likeness (QED) is 0.836. The molecule has 4 saturated heterocycles. The third-order valence-electron chi connectivity index (χ3n) is 5.65. The van der Waals surface area contributed by atoms with Crippen molar-refractivity contribution in [1.29, 1.82) is 5.26 Å². The highest BCUT2D eigenvalue weighted by molar-refractivity contribution is 5.99. The zero-order chi connectivity index (χ0) is 18.1. The molecule has 136 valence electrons. The number of urea groups is 1. The number of nitrogens with one attached hydrogen (secondary N) is 2. The number of hydrogen-bond donors (Lipinski definition) is 2. The van der Waals surface area contributed by atoms with Gasteiger partial charge in [-0.25, -0.2) is 4.79 Å². The Balaban J connectivity index is 1.42. The van der Waals surface area contributed by atoms with Crippen LogP contribution in [0.3, 0.4) is 0 Å². The molecule has 4 fully saturated rings. The summed E-state index contributed by atoms with van der Waals surface area (Å²) < 4.78 is 0. The molecule has 2 bridgehead atoms. The van der Waals surface area contributed by atoms with Crippen LogP contribution >= 0.6 is 0 Å². The first kappa shape index (κ1) is 16.9. The van der Waals surface area contributed by atoms with E-state index in [9.17, 15) is 9.59 Å². The minimum atomic E-state index is -0.486. The van der Waals surface area contributed by atoms with Crippen molar-refractivity contribution < 1.29 is 9.59 Å². The summed E-state index contributed by atoms with van der Waals surface area (Å²) in [5, 5.41) is 15.3. The first-order chi connectivity index (χ1) is 12.7. The Morgan fingerprint density at radius 1 is 1.23 bits per heavy atom. The predicted octanol–water partition coefficient (Wildman–Crippen LogP) is 1.20. The van der Waals surface area contributed by atoms with Crippen molar-refractivity contribution in [3.63, 3.8) is 0 Å². The number of rotatable bonds is 2. The Morgan fingerprint density at radius 2 is 2.04 bits per heavy atom. The number of amides is 3. The van der Waals surface area contributed by atoms with Crippen molar-refractivity contribution >= 4 is 17.6 Å². The van der Waals surface area contributed by atoms with Crippen LogP contribution in [0.2, 0.25) is 0 Å². The summed E-state index contributed by atoms with van der Waals surface area (Å²) in [6, 6.07) is 9.08. The SMILES string of the molecule is N#Cc1ccc(N2CCCC(NC(=O)N3CC4CCC3CN4)C2=O)cc1. The number of carbonyl (C=O) groups is 2. The molecule has 7 nitrogen and oxygen atoms in total. The zero-order valence-electron chi connectivity index (χ0n) is 14.6. The maximum Gasteiger partial charge on any atom is 0.318 e. The van der Waals surface area contributed by atoms with Gasteiger partial charge in [-0.2, -0.15) is 5.26 Å². The van der Waals surface area contributed by atoms with E-state index in [0.717, 1.165) is 38.0 Å². The summed E-state index contributed by atoms with van der Waals surface area (Å²) in [7, 11) is 0. The number of nitriles is 1. The maximum absolute atomic E-state index is 12.9. The minimum Gasteiger partial charge on any atom is -0.326 e. The molecule has 2 N–H and O–H groups in total. The Hall–Kier alpha value is -2.59. The average molecular weight is 353 g/mol. The van der Waals surface area contributed by atoms with Crippen LogP contribution < -0.4 is 15.5 Å². The highest BCUT2D eigenvalue weighted by Gasteiger charge is 2.38. The van der Waals surface area contributed by atoms with Gasteiger partial charge in [-0.3, -0.25) is 4.79 Å². The molecule has 0 radical (unpaired) electrons. The summed E-state index contributed by atoms with van der Waals surface area (Å²) in [5.74, 6) is -0.0744. The third kappa shape index (κ3) is 3.13. The van der Waals surface area contributed by atoms with Gasteiger partial charge in [0.15, 0.2) is 0 Å². The Bertz CT molecular complexity index is 733. The van der Waals surface area contributed by atoms with Gasteiger partial charge in [-0.05, 0) is 49.9 Å². The van der Waals surface area contributed by atoms with E-state index < -0.39 is 6.04 Å². The first-order valence-corrected chi connectivity index (χ1v) is 9.28. The predicted molar refractivity (Wildman–Crippen MR) is 96.6 cm³/mol. The van der Waals surface area contributed by atoms with Crippen molar-refractivity contribution in [1.82, 2.24) is 15.5 Å². The molecule has 0 spiro atoms. The van der Waals surface area contributed by atoms with Crippen LogP contribution in [0.25, 0.3) is 0 Å². The summed E-state index contributed by atoms with van der Waals surface area (Å²) >= 11 is 0. The lowest BCUT2D eigenvalue weighted by atomic mass is 9.93. The van der Waals surface area contributed by atoms with Crippen molar-refractivity contribution in [2.24, 2.45) is 0 Å². The summed E-state index contributed by atoms with van der Waals surface area (Å²) in [5.41, 5.74) is 1.34. The monoisotopic (exact) mass is 353 g/mol. The fraction of sp³-hybridized carbons (Fsp3) is 0.526. The normalized spacial score (nSPS) is 28.0. The molecule has 3 unspecified atom stereocenters. The van der Waals surface area contributed by atoms with E-state index >= 15 is 0 Å². The molecular weight excluding hydrogens is 330 g/mol. The first-order valence-electron chi connectivity index (χ1n) is 9.28. The highest BCUT2D eigenvalue weighted by atomic mass is 16.2. The minimum absolute atomic E-state index is 0.0744. The van der Waals surface area contributed by atoms with Crippen molar-refractivity contribution in [3.8, 4) is 6.07 Å². The average Bonchev–Trinajstić information content (AvgIpc) is 2.70. The number of anilines is 1. The van der Waals surface area contributed by atoms with Crippen LogP contribution in [0, 0.1) is 11.3 Å². The van der Waals surface area contributed by atoms with Crippen molar-refractivity contribution in [2.75, 3.05) is 24.5 Å². The molecule has 4 aliphatic rings.